The molecule has 0 saturated heterocycles. The van der Waals surface area contributed by atoms with Crippen LogP contribution in [0, 0.1) is 16.5 Å². The number of rotatable bonds is 5. The van der Waals surface area contributed by atoms with Crippen molar-refractivity contribution in [3.63, 3.8) is 0 Å². The zero-order valence-electron chi connectivity index (χ0n) is 17.4. The molecule has 0 bridgehead atoms. The highest BCUT2D eigenvalue weighted by Crippen LogP contribution is 2.22. The first-order chi connectivity index (χ1) is 16.2. The van der Waals surface area contributed by atoms with Gasteiger partial charge in [0.25, 0.3) is 15.6 Å². The van der Waals surface area contributed by atoms with Crippen molar-refractivity contribution < 1.29 is 17.6 Å². The highest BCUT2D eigenvalue weighted by Gasteiger charge is 2.20. The van der Waals surface area contributed by atoms with Gasteiger partial charge in [-0.05, 0) is 42.5 Å². The smallest absolute Gasteiger partial charge is 0.333 e. The van der Waals surface area contributed by atoms with Crippen LogP contribution >= 0.6 is 11.3 Å². The number of fused-ring (bicyclic) bond motifs is 1. The highest BCUT2D eigenvalue weighted by molar-refractivity contribution is 7.92. The van der Waals surface area contributed by atoms with Crippen LogP contribution in [0.2, 0.25) is 0 Å². The maximum absolute atomic E-state index is 13.1. The number of anilines is 2. The molecule has 0 spiro atoms. The van der Waals surface area contributed by atoms with Gasteiger partial charge >= 0.3 is 6.03 Å². The van der Waals surface area contributed by atoms with Crippen LogP contribution < -0.4 is 20.9 Å². The van der Waals surface area contributed by atoms with Crippen LogP contribution in [0.3, 0.4) is 0 Å². The van der Waals surface area contributed by atoms with Gasteiger partial charge in [0.05, 0.1) is 17.4 Å². The van der Waals surface area contributed by atoms with Gasteiger partial charge in [0.15, 0.2) is 5.13 Å². The number of urea groups is 1. The van der Waals surface area contributed by atoms with Crippen LogP contribution in [0.15, 0.2) is 63.9 Å². The molecule has 1 aromatic carbocycles. The summed E-state index contributed by atoms with van der Waals surface area (Å²) < 4.78 is 40.0. The van der Waals surface area contributed by atoms with Gasteiger partial charge in [0.1, 0.15) is 16.1 Å². The van der Waals surface area contributed by atoms with Crippen LogP contribution in [0.4, 0.5) is 20.6 Å². The van der Waals surface area contributed by atoms with Crippen LogP contribution in [0.1, 0.15) is 5.56 Å². The lowest BCUT2D eigenvalue weighted by Crippen LogP contribution is -2.34. The third kappa shape index (κ3) is 4.45. The molecule has 0 aliphatic carbocycles. The van der Waals surface area contributed by atoms with Crippen molar-refractivity contribution in [3.8, 4) is 11.9 Å². The molecule has 10 nitrogen and oxygen atoms in total. The van der Waals surface area contributed by atoms with Gasteiger partial charge in [-0.2, -0.15) is 9.65 Å². The van der Waals surface area contributed by atoms with Crippen molar-refractivity contribution in [2.24, 2.45) is 0 Å². The van der Waals surface area contributed by atoms with Crippen LogP contribution in [-0.2, 0) is 10.0 Å². The summed E-state index contributed by atoms with van der Waals surface area (Å²) in [6.07, 6.45) is 2.60. The van der Waals surface area contributed by atoms with E-state index < -0.39 is 26.7 Å². The maximum Gasteiger partial charge on any atom is 0.333 e. The molecule has 172 valence electrons. The fraction of sp³-hybridized carbons (Fsp3) is 0.0476. The summed E-state index contributed by atoms with van der Waals surface area (Å²) in [7, 11) is -2.51. The van der Waals surface area contributed by atoms with Crippen molar-refractivity contribution in [2.45, 2.75) is 4.21 Å². The molecule has 0 radical (unpaired) electrons. The summed E-state index contributed by atoms with van der Waals surface area (Å²) in [5.74, 6) is 0.189. The number of pyridine rings is 2. The summed E-state index contributed by atoms with van der Waals surface area (Å²) in [5, 5.41) is 14.9. The van der Waals surface area contributed by atoms with Crippen LogP contribution in [-0.4, -0.2) is 31.0 Å². The molecule has 0 aliphatic rings. The SMILES string of the molecule is CNc1ccc2c(=O)n(-c3ccc(NC(=O)NS(=O)(=O)c4ccc(F)s4)cn3)cc(C#N)c2c1. The predicted molar refractivity (Wildman–Crippen MR) is 125 cm³/mol. The Hall–Kier alpha value is -4.28. The van der Waals surface area contributed by atoms with E-state index in [0.29, 0.717) is 22.1 Å². The van der Waals surface area contributed by atoms with Crippen molar-refractivity contribution in [1.82, 2.24) is 14.3 Å². The first-order valence-corrected chi connectivity index (χ1v) is 11.8. The molecule has 4 rings (SSSR count). The van der Waals surface area contributed by atoms with E-state index in [0.717, 1.165) is 17.8 Å². The minimum Gasteiger partial charge on any atom is -0.388 e. The molecule has 2 amide bonds. The summed E-state index contributed by atoms with van der Waals surface area (Å²) in [6, 6.07) is 10.9. The van der Waals surface area contributed by atoms with E-state index in [-0.39, 0.29) is 21.3 Å². The van der Waals surface area contributed by atoms with E-state index >= 15 is 0 Å². The standard InChI is InChI=1S/C21H15FN6O4S2/c1-24-13-2-4-15-16(8-13)12(9-23)11-28(20(15)29)18-6-3-14(10-25-18)26-21(30)27-34(31,32)19-7-5-17(22)33-19/h2-8,10-11,24H,1H3,(H2,26,27,30). The second-order valence-corrected chi connectivity index (χ2v) is 9.81. The molecule has 3 aromatic heterocycles. The number of hydrogen-bond donors (Lipinski definition) is 3. The number of aromatic nitrogens is 2. The van der Waals surface area contributed by atoms with Gasteiger partial charge in [-0.15, -0.1) is 0 Å². The second-order valence-electron chi connectivity index (χ2n) is 6.86. The first kappa shape index (κ1) is 22.9. The van der Waals surface area contributed by atoms with Crippen LogP contribution in [0.5, 0.6) is 0 Å². The second kappa shape index (κ2) is 8.93. The molecular formula is C21H15FN6O4S2. The Morgan fingerprint density at radius 3 is 2.53 bits per heavy atom. The molecule has 0 fully saturated rings. The Bertz CT molecular complexity index is 1620. The number of carbonyl (C=O) groups is 1. The monoisotopic (exact) mass is 498 g/mol. The number of halogens is 1. The number of hydrogen-bond acceptors (Lipinski definition) is 8. The molecule has 3 heterocycles. The molecule has 3 N–H and O–H groups in total. The van der Waals surface area contributed by atoms with E-state index in [9.17, 15) is 27.7 Å². The summed E-state index contributed by atoms with van der Waals surface area (Å²) in [6.45, 7) is 0. The van der Waals surface area contributed by atoms with Crippen LogP contribution in [0.25, 0.3) is 16.6 Å². The normalized spacial score (nSPS) is 11.1. The molecule has 0 atom stereocenters. The zero-order valence-corrected chi connectivity index (χ0v) is 19.0. The zero-order chi connectivity index (χ0) is 24.5. The van der Waals surface area contributed by atoms with E-state index in [4.69, 9.17) is 0 Å². The van der Waals surface area contributed by atoms with Gasteiger partial charge in [0, 0.05) is 29.7 Å². The quantitative estimate of drug-likeness (QED) is 0.383. The molecule has 0 aliphatic heterocycles. The number of nitriles is 1. The molecule has 0 saturated carbocycles. The van der Waals surface area contributed by atoms with Crippen molar-refractivity contribution >= 4 is 49.5 Å². The van der Waals surface area contributed by atoms with Gasteiger partial charge < -0.3 is 10.6 Å². The largest absolute Gasteiger partial charge is 0.388 e. The third-order valence-corrected chi connectivity index (χ3v) is 7.42. The van der Waals surface area contributed by atoms with E-state index in [2.05, 4.69) is 21.7 Å². The van der Waals surface area contributed by atoms with E-state index in [1.165, 1.54) is 29.1 Å². The average Bonchev–Trinajstić information content (AvgIpc) is 3.27. The average molecular weight is 499 g/mol. The lowest BCUT2D eigenvalue weighted by atomic mass is 10.1. The minimum atomic E-state index is -4.23. The Morgan fingerprint density at radius 2 is 1.91 bits per heavy atom. The fourth-order valence-electron chi connectivity index (χ4n) is 3.13. The number of nitrogens with zero attached hydrogens (tertiary/aromatic N) is 3. The number of amides is 2. The van der Waals surface area contributed by atoms with Gasteiger partial charge in [-0.25, -0.2) is 22.9 Å². The number of carbonyl (C=O) groups excluding carboxylic acids is 1. The number of benzene rings is 1. The van der Waals surface area contributed by atoms with Crippen molar-refractivity contribution in [1.29, 1.82) is 5.26 Å². The number of thiophene rings is 1. The Labute approximate surface area is 196 Å². The maximum atomic E-state index is 13.1. The minimum absolute atomic E-state index is 0.141. The van der Waals surface area contributed by atoms with Crippen molar-refractivity contribution in [2.75, 3.05) is 17.7 Å². The molecule has 4 aromatic rings. The fourth-order valence-corrected chi connectivity index (χ4v) is 5.04. The van der Waals surface area contributed by atoms with E-state index in [1.807, 2.05) is 0 Å². The Kier molecular flexibility index (Phi) is 6.01. The Balaban J connectivity index is 1.58. The summed E-state index contributed by atoms with van der Waals surface area (Å²) in [4.78, 5) is 29.2. The Morgan fingerprint density at radius 1 is 1.15 bits per heavy atom. The molecule has 0 unspecified atom stereocenters. The predicted octanol–water partition coefficient (Wildman–Crippen LogP) is 3.01. The number of nitrogens with one attached hydrogen (secondary N) is 3. The van der Waals surface area contributed by atoms with Gasteiger partial charge in [0.2, 0.25) is 0 Å². The molecule has 34 heavy (non-hydrogen) atoms. The topological polar surface area (TPSA) is 146 Å². The lowest BCUT2D eigenvalue weighted by molar-refractivity contribution is 0.256. The summed E-state index contributed by atoms with van der Waals surface area (Å²) in [5.41, 5.74) is 0.767. The van der Waals surface area contributed by atoms with Gasteiger partial charge in [-0.1, -0.05) is 11.3 Å². The lowest BCUT2D eigenvalue weighted by Gasteiger charge is -2.11. The third-order valence-electron chi connectivity index (χ3n) is 4.72. The molecule has 13 heteroatoms. The first-order valence-electron chi connectivity index (χ1n) is 9.54. The van der Waals surface area contributed by atoms with E-state index in [1.54, 1.807) is 30.0 Å². The molecular weight excluding hydrogens is 483 g/mol. The van der Waals surface area contributed by atoms with Gasteiger partial charge in [-0.3, -0.25) is 9.36 Å². The highest BCUT2D eigenvalue weighted by atomic mass is 32.2. The summed E-state index contributed by atoms with van der Waals surface area (Å²) >= 11 is 0.381. The van der Waals surface area contributed by atoms with Crippen molar-refractivity contribution in [3.05, 3.63) is 75.9 Å². The number of sulfonamides is 1.